The first-order chi connectivity index (χ1) is 14.9. The second kappa shape index (κ2) is 8.81. The van der Waals surface area contributed by atoms with Gasteiger partial charge >= 0.3 is 0 Å². The molecule has 1 N–H and O–H groups in total. The van der Waals surface area contributed by atoms with Crippen molar-refractivity contribution in [2.24, 2.45) is 5.92 Å². The summed E-state index contributed by atoms with van der Waals surface area (Å²) in [4.78, 5) is 51.4. The van der Waals surface area contributed by atoms with Gasteiger partial charge in [0.05, 0.1) is 25.3 Å². The molecule has 4 rings (SSSR count). The molecule has 160 valence electrons. The van der Waals surface area contributed by atoms with Crippen molar-refractivity contribution in [1.29, 1.82) is 0 Å². The fourth-order valence-electron chi connectivity index (χ4n) is 3.57. The highest BCUT2D eigenvalue weighted by molar-refractivity contribution is 8.14. The van der Waals surface area contributed by atoms with Crippen LogP contribution in [0, 0.1) is 5.92 Å². The van der Waals surface area contributed by atoms with Crippen LogP contribution < -0.4 is 15.0 Å². The number of nitrogens with zero attached hydrogens (tertiary/aromatic N) is 2. The zero-order valence-electron chi connectivity index (χ0n) is 16.9. The molecule has 0 saturated carbocycles. The van der Waals surface area contributed by atoms with Crippen molar-refractivity contribution < 1.29 is 23.9 Å². The first-order valence-electron chi connectivity index (χ1n) is 9.76. The summed E-state index contributed by atoms with van der Waals surface area (Å²) in [7, 11) is 1.56. The van der Waals surface area contributed by atoms with Crippen LogP contribution in [-0.4, -0.2) is 47.3 Å². The maximum Gasteiger partial charge on any atom is 0.289 e. The van der Waals surface area contributed by atoms with Gasteiger partial charge in [-0.25, -0.2) is 0 Å². The average Bonchev–Trinajstić information content (AvgIpc) is 3.32. The highest BCUT2D eigenvalue weighted by Gasteiger charge is 2.35. The number of imide groups is 1. The molecule has 2 aromatic carbocycles. The minimum atomic E-state index is -0.463. The number of anilines is 2. The minimum Gasteiger partial charge on any atom is -0.497 e. The number of benzene rings is 2. The molecule has 2 fully saturated rings. The standard InChI is InChI=1S/C22H21N3O5S/c1-30-18-4-2-3-17(10-18)24-12-15(9-19(24)26)21(28)23-16-7-5-14(6-8-16)11-25-20(27)13-31-22(25)29/h2-8,10,15H,9,11-13H2,1H3,(H,23,28)/t15-/m0/s1. The normalized spacial score (nSPS) is 18.6. The lowest BCUT2D eigenvalue weighted by atomic mass is 10.1. The van der Waals surface area contributed by atoms with E-state index in [-0.39, 0.29) is 41.7 Å². The van der Waals surface area contributed by atoms with Gasteiger partial charge in [-0.05, 0) is 29.8 Å². The van der Waals surface area contributed by atoms with Crippen LogP contribution in [0.1, 0.15) is 12.0 Å². The van der Waals surface area contributed by atoms with Crippen molar-refractivity contribution in [2.75, 3.05) is 29.6 Å². The molecule has 2 saturated heterocycles. The van der Waals surface area contributed by atoms with E-state index in [1.54, 1.807) is 54.5 Å². The molecule has 0 unspecified atom stereocenters. The summed E-state index contributed by atoms with van der Waals surface area (Å²) in [5, 5.41) is 2.60. The number of hydrogen-bond donors (Lipinski definition) is 1. The van der Waals surface area contributed by atoms with Crippen LogP contribution >= 0.6 is 11.8 Å². The number of amides is 4. The van der Waals surface area contributed by atoms with Gasteiger partial charge in [-0.2, -0.15) is 0 Å². The maximum atomic E-state index is 12.7. The van der Waals surface area contributed by atoms with Crippen molar-refractivity contribution in [3.05, 3.63) is 54.1 Å². The highest BCUT2D eigenvalue weighted by Crippen LogP contribution is 2.29. The lowest BCUT2D eigenvalue weighted by molar-refractivity contribution is -0.125. The number of carbonyl (C=O) groups excluding carboxylic acids is 4. The number of thioether (sulfide) groups is 1. The Morgan fingerprint density at radius 1 is 1.13 bits per heavy atom. The van der Waals surface area contributed by atoms with Crippen LogP contribution in [0.2, 0.25) is 0 Å². The summed E-state index contributed by atoms with van der Waals surface area (Å²) < 4.78 is 5.21. The number of rotatable bonds is 6. The topological polar surface area (TPSA) is 96.0 Å². The summed E-state index contributed by atoms with van der Waals surface area (Å²) >= 11 is 1.00. The lowest BCUT2D eigenvalue weighted by Crippen LogP contribution is -2.28. The van der Waals surface area contributed by atoms with E-state index in [1.807, 2.05) is 6.07 Å². The van der Waals surface area contributed by atoms with Crippen molar-refractivity contribution >= 4 is 46.1 Å². The van der Waals surface area contributed by atoms with Crippen molar-refractivity contribution in [1.82, 2.24) is 4.90 Å². The van der Waals surface area contributed by atoms with Crippen molar-refractivity contribution in [3.8, 4) is 5.75 Å². The predicted octanol–water partition coefficient (Wildman–Crippen LogP) is 2.88. The number of nitrogens with one attached hydrogen (secondary N) is 1. The smallest absolute Gasteiger partial charge is 0.289 e. The van der Waals surface area contributed by atoms with Gasteiger partial charge in [-0.1, -0.05) is 30.0 Å². The Bertz CT molecular complexity index is 1020. The molecule has 2 heterocycles. The molecule has 2 aliphatic heterocycles. The van der Waals surface area contributed by atoms with Crippen molar-refractivity contribution in [2.45, 2.75) is 13.0 Å². The van der Waals surface area contributed by atoms with Crippen LogP contribution in [0.15, 0.2) is 48.5 Å². The van der Waals surface area contributed by atoms with Gasteiger partial charge in [0.15, 0.2) is 0 Å². The molecule has 1 atom stereocenters. The molecule has 31 heavy (non-hydrogen) atoms. The van der Waals surface area contributed by atoms with Crippen LogP contribution in [0.3, 0.4) is 0 Å². The Kier molecular flexibility index (Phi) is 5.94. The number of ether oxygens (including phenoxy) is 1. The van der Waals surface area contributed by atoms with Crippen molar-refractivity contribution in [3.63, 3.8) is 0 Å². The minimum absolute atomic E-state index is 0.110. The molecular formula is C22H21N3O5S. The van der Waals surface area contributed by atoms with Gasteiger partial charge in [-0.15, -0.1) is 0 Å². The van der Waals surface area contributed by atoms with Crippen LogP contribution in [-0.2, 0) is 20.9 Å². The van der Waals surface area contributed by atoms with Crippen LogP contribution in [0.25, 0.3) is 0 Å². The summed E-state index contributed by atoms with van der Waals surface area (Å²) in [5.74, 6) is -0.169. The maximum absolute atomic E-state index is 12.7. The fourth-order valence-corrected chi connectivity index (χ4v) is 4.29. The molecule has 0 spiro atoms. The molecule has 4 amide bonds. The second-order valence-corrected chi connectivity index (χ2v) is 8.25. The first-order valence-corrected chi connectivity index (χ1v) is 10.7. The molecular weight excluding hydrogens is 418 g/mol. The molecule has 2 aromatic rings. The molecule has 2 aliphatic rings. The second-order valence-electron chi connectivity index (χ2n) is 7.33. The van der Waals surface area contributed by atoms with E-state index in [2.05, 4.69) is 5.32 Å². The lowest BCUT2D eigenvalue weighted by Gasteiger charge is -2.17. The van der Waals surface area contributed by atoms with E-state index >= 15 is 0 Å². The van der Waals surface area contributed by atoms with Gasteiger partial charge in [0.1, 0.15) is 5.75 Å². The van der Waals surface area contributed by atoms with E-state index < -0.39 is 5.92 Å². The predicted molar refractivity (Wildman–Crippen MR) is 117 cm³/mol. The summed E-state index contributed by atoms with van der Waals surface area (Å²) in [6.45, 7) is 0.512. The largest absolute Gasteiger partial charge is 0.497 e. The van der Waals surface area contributed by atoms with E-state index in [0.29, 0.717) is 23.7 Å². The number of carbonyl (C=O) groups is 4. The third-order valence-electron chi connectivity index (χ3n) is 5.26. The Labute approximate surface area is 183 Å². The Balaban J connectivity index is 1.36. The number of methoxy groups -OCH3 is 1. The van der Waals surface area contributed by atoms with Crippen LogP contribution in [0.4, 0.5) is 16.2 Å². The molecule has 0 aliphatic carbocycles. The van der Waals surface area contributed by atoms with E-state index in [4.69, 9.17) is 4.74 Å². The fraction of sp³-hybridized carbons (Fsp3) is 0.273. The zero-order valence-corrected chi connectivity index (χ0v) is 17.7. The van der Waals surface area contributed by atoms with Gasteiger partial charge < -0.3 is 15.0 Å². The summed E-state index contributed by atoms with van der Waals surface area (Å²) in [6, 6.07) is 14.2. The SMILES string of the molecule is COc1cccc(N2C[C@@H](C(=O)Nc3ccc(CN4C(=O)CSC4=O)cc3)CC2=O)c1. The summed E-state index contributed by atoms with van der Waals surface area (Å²) in [6.07, 6.45) is 0.137. The van der Waals surface area contributed by atoms with E-state index in [1.165, 1.54) is 4.90 Å². The van der Waals surface area contributed by atoms with E-state index in [0.717, 1.165) is 17.3 Å². The highest BCUT2D eigenvalue weighted by atomic mass is 32.2. The van der Waals surface area contributed by atoms with E-state index in [9.17, 15) is 19.2 Å². The first kappa shape index (κ1) is 20.9. The third-order valence-corrected chi connectivity index (χ3v) is 6.12. The Hall–Kier alpha value is -3.33. The zero-order chi connectivity index (χ0) is 22.0. The monoisotopic (exact) mass is 439 g/mol. The van der Waals surface area contributed by atoms with Gasteiger partial charge in [-0.3, -0.25) is 24.1 Å². The molecule has 9 heteroatoms. The van der Waals surface area contributed by atoms with Gasteiger partial charge in [0.2, 0.25) is 17.7 Å². The average molecular weight is 439 g/mol. The molecule has 0 aromatic heterocycles. The molecule has 0 bridgehead atoms. The summed E-state index contributed by atoms with van der Waals surface area (Å²) in [5.41, 5.74) is 2.09. The number of hydrogen-bond acceptors (Lipinski definition) is 6. The van der Waals surface area contributed by atoms with Gasteiger partial charge in [0, 0.05) is 30.4 Å². The molecule has 0 radical (unpaired) electrons. The quantitative estimate of drug-likeness (QED) is 0.744. The Morgan fingerprint density at radius 2 is 1.90 bits per heavy atom. The molecule has 8 nitrogen and oxygen atoms in total. The van der Waals surface area contributed by atoms with Crippen LogP contribution in [0.5, 0.6) is 5.75 Å². The third kappa shape index (κ3) is 4.56. The van der Waals surface area contributed by atoms with Gasteiger partial charge in [0.25, 0.3) is 5.24 Å². The Morgan fingerprint density at radius 3 is 2.58 bits per heavy atom.